The SMILES string of the molecule is CCCn1nc(C(=O)NCC(O)c2ccc([N+](=O)[O-])cc2)ccc1=O. The first-order valence-corrected chi connectivity index (χ1v) is 7.71. The lowest BCUT2D eigenvalue weighted by atomic mass is 10.1. The molecule has 0 aliphatic rings. The molecule has 0 saturated carbocycles. The van der Waals surface area contributed by atoms with E-state index in [9.17, 15) is 24.8 Å². The van der Waals surface area contributed by atoms with Gasteiger partial charge in [0.1, 0.15) is 5.69 Å². The first kappa shape index (κ1) is 18.3. The van der Waals surface area contributed by atoms with E-state index in [1.165, 1.54) is 41.1 Å². The number of carbonyl (C=O) groups excluding carboxylic acids is 1. The highest BCUT2D eigenvalue weighted by molar-refractivity contribution is 5.92. The van der Waals surface area contributed by atoms with Crippen LogP contribution in [-0.2, 0) is 6.54 Å². The summed E-state index contributed by atoms with van der Waals surface area (Å²) in [5.41, 5.74) is 0.144. The third-order valence-electron chi connectivity index (χ3n) is 3.48. The fourth-order valence-corrected chi connectivity index (χ4v) is 2.16. The second-order valence-corrected chi connectivity index (χ2v) is 5.35. The Balaban J connectivity index is 2.00. The second-order valence-electron chi connectivity index (χ2n) is 5.35. The molecule has 1 atom stereocenters. The highest BCUT2D eigenvalue weighted by Crippen LogP contribution is 2.17. The van der Waals surface area contributed by atoms with Gasteiger partial charge in [-0.3, -0.25) is 19.7 Å². The Hall–Kier alpha value is -3.07. The molecule has 2 N–H and O–H groups in total. The van der Waals surface area contributed by atoms with Crippen LogP contribution in [-0.4, -0.2) is 32.3 Å². The van der Waals surface area contributed by atoms with Crippen molar-refractivity contribution in [3.63, 3.8) is 0 Å². The van der Waals surface area contributed by atoms with Crippen LogP contribution >= 0.6 is 0 Å². The molecule has 9 nitrogen and oxygen atoms in total. The summed E-state index contributed by atoms with van der Waals surface area (Å²) in [4.78, 5) is 33.8. The maximum atomic E-state index is 12.1. The lowest BCUT2D eigenvalue weighted by molar-refractivity contribution is -0.384. The van der Waals surface area contributed by atoms with E-state index in [4.69, 9.17) is 0 Å². The molecule has 25 heavy (non-hydrogen) atoms. The van der Waals surface area contributed by atoms with Gasteiger partial charge in [-0.1, -0.05) is 6.92 Å². The van der Waals surface area contributed by atoms with Gasteiger partial charge in [-0.05, 0) is 30.2 Å². The highest BCUT2D eigenvalue weighted by atomic mass is 16.6. The van der Waals surface area contributed by atoms with E-state index in [-0.39, 0.29) is 23.5 Å². The van der Waals surface area contributed by atoms with Crippen molar-refractivity contribution >= 4 is 11.6 Å². The van der Waals surface area contributed by atoms with E-state index in [0.717, 1.165) is 0 Å². The molecule has 2 aromatic rings. The average molecular weight is 346 g/mol. The smallest absolute Gasteiger partial charge is 0.271 e. The number of amides is 1. The van der Waals surface area contributed by atoms with Crippen LogP contribution in [0, 0.1) is 10.1 Å². The van der Waals surface area contributed by atoms with Gasteiger partial charge in [-0.2, -0.15) is 5.10 Å². The van der Waals surface area contributed by atoms with Crippen molar-refractivity contribution in [3.8, 4) is 0 Å². The number of carbonyl (C=O) groups is 1. The number of aryl methyl sites for hydroxylation is 1. The molecule has 1 unspecified atom stereocenters. The van der Waals surface area contributed by atoms with Crippen LogP contribution in [0.5, 0.6) is 0 Å². The Morgan fingerprint density at radius 1 is 1.32 bits per heavy atom. The summed E-state index contributed by atoms with van der Waals surface area (Å²) in [6.45, 7) is 2.21. The molecule has 0 fully saturated rings. The number of rotatable bonds is 7. The average Bonchev–Trinajstić information content (AvgIpc) is 2.61. The van der Waals surface area contributed by atoms with Crippen molar-refractivity contribution in [2.75, 3.05) is 6.54 Å². The summed E-state index contributed by atoms with van der Waals surface area (Å²) < 4.78 is 1.21. The number of non-ortho nitro benzene ring substituents is 1. The van der Waals surface area contributed by atoms with E-state index in [2.05, 4.69) is 10.4 Å². The van der Waals surface area contributed by atoms with Gasteiger partial charge < -0.3 is 10.4 Å². The number of nitrogens with zero attached hydrogens (tertiary/aromatic N) is 3. The van der Waals surface area contributed by atoms with Crippen LogP contribution in [0.15, 0.2) is 41.2 Å². The summed E-state index contributed by atoms with van der Waals surface area (Å²) in [5.74, 6) is -0.522. The summed E-state index contributed by atoms with van der Waals surface area (Å²) in [5, 5.41) is 27.2. The number of nitro benzene ring substituents is 1. The van der Waals surface area contributed by atoms with Crippen LogP contribution in [0.4, 0.5) is 5.69 Å². The van der Waals surface area contributed by atoms with Gasteiger partial charge in [0.05, 0.1) is 11.0 Å². The van der Waals surface area contributed by atoms with Crippen molar-refractivity contribution in [3.05, 3.63) is 68.1 Å². The Bertz CT molecular complexity index is 816. The fraction of sp³-hybridized carbons (Fsp3) is 0.312. The van der Waals surface area contributed by atoms with Crippen molar-refractivity contribution in [1.29, 1.82) is 0 Å². The minimum Gasteiger partial charge on any atom is -0.387 e. The molecular weight excluding hydrogens is 328 g/mol. The van der Waals surface area contributed by atoms with Gasteiger partial charge >= 0.3 is 0 Å². The van der Waals surface area contributed by atoms with Gasteiger partial charge in [0, 0.05) is 31.3 Å². The summed E-state index contributed by atoms with van der Waals surface area (Å²) in [6.07, 6.45) is -0.317. The number of aliphatic hydroxyl groups excluding tert-OH is 1. The molecule has 9 heteroatoms. The molecule has 1 heterocycles. The van der Waals surface area contributed by atoms with Crippen LogP contribution in [0.3, 0.4) is 0 Å². The molecule has 2 rings (SSSR count). The Morgan fingerprint density at radius 2 is 2.00 bits per heavy atom. The highest BCUT2D eigenvalue weighted by Gasteiger charge is 2.14. The largest absolute Gasteiger partial charge is 0.387 e. The Morgan fingerprint density at radius 3 is 2.60 bits per heavy atom. The van der Waals surface area contributed by atoms with Crippen molar-refractivity contribution in [2.45, 2.75) is 26.0 Å². The van der Waals surface area contributed by atoms with E-state index < -0.39 is 16.9 Å². The maximum absolute atomic E-state index is 12.1. The predicted molar refractivity (Wildman–Crippen MR) is 89.2 cm³/mol. The molecule has 0 spiro atoms. The van der Waals surface area contributed by atoms with E-state index in [0.29, 0.717) is 18.5 Å². The topological polar surface area (TPSA) is 127 Å². The monoisotopic (exact) mass is 346 g/mol. The fourth-order valence-electron chi connectivity index (χ4n) is 2.16. The van der Waals surface area contributed by atoms with Gasteiger partial charge in [0.15, 0.2) is 0 Å². The summed E-state index contributed by atoms with van der Waals surface area (Å²) in [6, 6.07) is 8.00. The third kappa shape index (κ3) is 4.70. The number of nitro groups is 1. The zero-order chi connectivity index (χ0) is 18.4. The molecule has 132 valence electrons. The second kappa shape index (κ2) is 8.15. The summed E-state index contributed by atoms with van der Waals surface area (Å²) >= 11 is 0. The Kier molecular flexibility index (Phi) is 5.96. The number of hydrogen-bond donors (Lipinski definition) is 2. The molecule has 1 amide bonds. The minimum absolute atomic E-state index is 0.0731. The van der Waals surface area contributed by atoms with Gasteiger partial charge in [0.2, 0.25) is 0 Å². The van der Waals surface area contributed by atoms with Gasteiger partial charge in [-0.25, -0.2) is 4.68 Å². The number of aliphatic hydroxyl groups is 1. The first-order valence-electron chi connectivity index (χ1n) is 7.71. The minimum atomic E-state index is -1.02. The summed E-state index contributed by atoms with van der Waals surface area (Å²) in [7, 11) is 0. The molecule has 0 bridgehead atoms. The van der Waals surface area contributed by atoms with Crippen molar-refractivity contribution in [1.82, 2.24) is 15.1 Å². The van der Waals surface area contributed by atoms with Crippen LogP contribution in [0.25, 0.3) is 0 Å². The standard InChI is InChI=1S/C16H18N4O5/c1-2-9-19-15(22)8-7-13(18-19)16(23)17-10-14(21)11-3-5-12(6-4-11)20(24)25/h3-8,14,21H,2,9-10H2,1H3,(H,17,23). The normalized spacial score (nSPS) is 11.8. The van der Waals surface area contributed by atoms with E-state index in [1.807, 2.05) is 6.92 Å². The number of hydrogen-bond acceptors (Lipinski definition) is 6. The van der Waals surface area contributed by atoms with Crippen molar-refractivity contribution in [2.24, 2.45) is 0 Å². The third-order valence-corrected chi connectivity index (χ3v) is 3.48. The maximum Gasteiger partial charge on any atom is 0.271 e. The van der Waals surface area contributed by atoms with Crippen LogP contribution in [0.2, 0.25) is 0 Å². The molecule has 0 aliphatic carbocycles. The molecular formula is C16H18N4O5. The molecule has 0 saturated heterocycles. The molecule has 0 radical (unpaired) electrons. The lowest BCUT2D eigenvalue weighted by Crippen LogP contribution is -2.32. The first-order chi connectivity index (χ1) is 11.9. The molecule has 0 aliphatic heterocycles. The lowest BCUT2D eigenvalue weighted by Gasteiger charge is -2.12. The number of aromatic nitrogens is 2. The zero-order valence-electron chi connectivity index (χ0n) is 13.6. The van der Waals surface area contributed by atoms with Gasteiger partial charge in [-0.15, -0.1) is 0 Å². The number of benzene rings is 1. The molecule has 1 aromatic carbocycles. The quantitative estimate of drug-likeness (QED) is 0.569. The number of nitrogens with one attached hydrogen (secondary N) is 1. The van der Waals surface area contributed by atoms with Crippen LogP contribution < -0.4 is 10.9 Å². The zero-order valence-corrected chi connectivity index (χ0v) is 13.6. The van der Waals surface area contributed by atoms with E-state index in [1.54, 1.807) is 0 Å². The Labute approximate surface area is 143 Å². The van der Waals surface area contributed by atoms with Crippen LogP contribution in [0.1, 0.15) is 35.5 Å². The van der Waals surface area contributed by atoms with E-state index >= 15 is 0 Å². The van der Waals surface area contributed by atoms with Gasteiger partial charge in [0.25, 0.3) is 17.2 Å². The predicted octanol–water partition coefficient (Wildman–Crippen LogP) is 1.02. The van der Waals surface area contributed by atoms with Crippen molar-refractivity contribution < 1.29 is 14.8 Å². The molecule has 1 aromatic heterocycles.